The SMILES string of the molecule is Cc1ccc(N(c2ccc(-c3ccc(N(c4ccccc4)c4ccc5c(c4)c4ccccc4n5-c4ccccc4)c4ccccc34)cc2)c2ccc3ccccc3c2)cc1. The molecule has 10 aromatic carbocycles. The molecule has 3 heteroatoms. The third kappa shape index (κ3) is 6.16. The molecular weight excluding hydrogens is 727 g/mol. The van der Waals surface area contributed by atoms with Crippen LogP contribution in [0, 0.1) is 6.92 Å². The quantitative estimate of drug-likeness (QED) is 0.153. The predicted molar refractivity (Wildman–Crippen MR) is 255 cm³/mol. The van der Waals surface area contributed by atoms with Crippen molar-refractivity contribution in [2.45, 2.75) is 6.92 Å². The zero-order valence-corrected chi connectivity index (χ0v) is 33.3. The van der Waals surface area contributed by atoms with E-state index in [1.807, 2.05) is 0 Å². The third-order valence-corrected chi connectivity index (χ3v) is 11.8. The first-order chi connectivity index (χ1) is 29.7. The Morgan fingerprint density at radius 3 is 1.65 bits per heavy atom. The molecule has 1 aromatic heterocycles. The number of fused-ring (bicyclic) bond motifs is 5. The first-order valence-electron chi connectivity index (χ1n) is 20.6. The molecule has 0 spiro atoms. The van der Waals surface area contributed by atoms with Crippen molar-refractivity contribution in [1.82, 2.24) is 4.57 Å². The van der Waals surface area contributed by atoms with Gasteiger partial charge in [0.15, 0.2) is 0 Å². The van der Waals surface area contributed by atoms with Gasteiger partial charge in [-0.15, -0.1) is 0 Å². The van der Waals surface area contributed by atoms with Gasteiger partial charge in [-0.3, -0.25) is 0 Å². The number of benzene rings is 10. The van der Waals surface area contributed by atoms with Crippen LogP contribution < -0.4 is 9.80 Å². The third-order valence-electron chi connectivity index (χ3n) is 11.8. The maximum Gasteiger partial charge on any atom is 0.0542 e. The molecule has 3 nitrogen and oxygen atoms in total. The van der Waals surface area contributed by atoms with Gasteiger partial charge < -0.3 is 14.4 Å². The summed E-state index contributed by atoms with van der Waals surface area (Å²) < 4.78 is 2.37. The maximum absolute atomic E-state index is 2.41. The lowest BCUT2D eigenvalue weighted by atomic mass is 9.96. The highest BCUT2D eigenvalue weighted by Crippen LogP contribution is 2.45. The molecular formula is C57H41N3. The fraction of sp³-hybridized carbons (Fsp3) is 0.0175. The first-order valence-corrected chi connectivity index (χ1v) is 20.6. The van der Waals surface area contributed by atoms with E-state index < -0.39 is 0 Å². The van der Waals surface area contributed by atoms with Gasteiger partial charge in [0.2, 0.25) is 0 Å². The molecule has 0 N–H and O–H groups in total. The highest BCUT2D eigenvalue weighted by Gasteiger charge is 2.20. The normalized spacial score (nSPS) is 11.4. The van der Waals surface area contributed by atoms with Crippen LogP contribution in [0.5, 0.6) is 0 Å². The second-order valence-corrected chi connectivity index (χ2v) is 15.5. The summed E-state index contributed by atoms with van der Waals surface area (Å²) in [6.07, 6.45) is 0. The molecule has 0 aliphatic heterocycles. The molecule has 0 saturated carbocycles. The molecule has 11 aromatic rings. The molecule has 0 unspecified atom stereocenters. The monoisotopic (exact) mass is 767 g/mol. The molecule has 0 fully saturated rings. The average Bonchev–Trinajstić information content (AvgIpc) is 3.64. The van der Waals surface area contributed by atoms with Crippen LogP contribution in [0.2, 0.25) is 0 Å². The van der Waals surface area contributed by atoms with E-state index in [0.29, 0.717) is 0 Å². The van der Waals surface area contributed by atoms with Gasteiger partial charge in [0.1, 0.15) is 0 Å². The van der Waals surface area contributed by atoms with Crippen molar-refractivity contribution in [2.75, 3.05) is 9.80 Å². The second kappa shape index (κ2) is 14.8. The fourth-order valence-corrected chi connectivity index (χ4v) is 8.94. The van der Waals surface area contributed by atoms with Crippen LogP contribution in [-0.2, 0) is 0 Å². The zero-order valence-electron chi connectivity index (χ0n) is 33.3. The molecule has 0 bridgehead atoms. The fourth-order valence-electron chi connectivity index (χ4n) is 8.94. The lowest BCUT2D eigenvalue weighted by molar-refractivity contribution is 1.18. The van der Waals surface area contributed by atoms with Crippen LogP contribution in [0.1, 0.15) is 5.56 Å². The molecule has 11 rings (SSSR count). The molecule has 0 aliphatic carbocycles. The Balaban J connectivity index is 1.03. The molecule has 0 amide bonds. The van der Waals surface area contributed by atoms with Crippen molar-refractivity contribution >= 4 is 77.5 Å². The van der Waals surface area contributed by atoms with Crippen molar-refractivity contribution in [3.05, 3.63) is 236 Å². The minimum absolute atomic E-state index is 1.11. The highest BCUT2D eigenvalue weighted by molar-refractivity contribution is 6.12. The Labute approximate surface area is 350 Å². The number of aryl methyl sites for hydroxylation is 1. The van der Waals surface area contributed by atoms with Gasteiger partial charge in [-0.2, -0.15) is 0 Å². The lowest BCUT2D eigenvalue weighted by Crippen LogP contribution is -2.10. The molecule has 0 aliphatic rings. The Kier molecular flexibility index (Phi) is 8.71. The Morgan fingerprint density at radius 2 is 0.883 bits per heavy atom. The Morgan fingerprint density at radius 1 is 0.333 bits per heavy atom. The molecule has 0 radical (unpaired) electrons. The molecule has 0 saturated heterocycles. The summed E-state index contributed by atoms with van der Waals surface area (Å²) in [4.78, 5) is 4.76. The number of aromatic nitrogens is 1. The van der Waals surface area contributed by atoms with Crippen LogP contribution in [0.25, 0.3) is 60.2 Å². The summed E-state index contributed by atoms with van der Waals surface area (Å²) in [5.74, 6) is 0. The van der Waals surface area contributed by atoms with E-state index in [1.54, 1.807) is 0 Å². The van der Waals surface area contributed by atoms with Crippen LogP contribution in [0.15, 0.2) is 231 Å². The van der Waals surface area contributed by atoms with Crippen molar-refractivity contribution in [2.24, 2.45) is 0 Å². The van der Waals surface area contributed by atoms with Crippen molar-refractivity contribution in [1.29, 1.82) is 0 Å². The van der Waals surface area contributed by atoms with Gasteiger partial charge in [0, 0.05) is 50.3 Å². The number of hydrogen-bond acceptors (Lipinski definition) is 2. The summed E-state index contributed by atoms with van der Waals surface area (Å²) >= 11 is 0. The molecule has 0 atom stereocenters. The maximum atomic E-state index is 2.41. The van der Waals surface area contributed by atoms with Gasteiger partial charge in [-0.25, -0.2) is 0 Å². The minimum atomic E-state index is 1.11. The molecule has 60 heavy (non-hydrogen) atoms. The van der Waals surface area contributed by atoms with Crippen molar-refractivity contribution in [3.8, 4) is 16.8 Å². The lowest BCUT2D eigenvalue weighted by Gasteiger charge is -2.28. The summed E-state index contributed by atoms with van der Waals surface area (Å²) in [6, 6.07) is 83.6. The number of hydrogen-bond donors (Lipinski definition) is 0. The van der Waals surface area contributed by atoms with E-state index in [2.05, 4.69) is 252 Å². The van der Waals surface area contributed by atoms with Crippen molar-refractivity contribution in [3.63, 3.8) is 0 Å². The van der Waals surface area contributed by atoms with Crippen molar-refractivity contribution < 1.29 is 0 Å². The van der Waals surface area contributed by atoms with E-state index >= 15 is 0 Å². The Bertz CT molecular complexity index is 3310. The number of anilines is 6. The summed E-state index contributed by atoms with van der Waals surface area (Å²) in [5, 5.41) is 7.30. The topological polar surface area (TPSA) is 11.4 Å². The average molecular weight is 768 g/mol. The standard InChI is InChI=1S/C57H41N3/c1-40-24-29-46(30-25-40)58(48-33-26-41-14-8-9-15-43(41)38-48)47-31-27-42(28-32-47)50-35-37-56(52-21-11-10-20-51(50)52)59(44-16-4-2-5-17-44)49-34-36-57-54(39-49)53-22-12-13-23-55(53)60(57)45-18-6-3-7-19-45/h2-39H,1H3. The zero-order chi connectivity index (χ0) is 40.0. The van der Waals surface area contributed by atoms with Crippen LogP contribution in [0.3, 0.4) is 0 Å². The number of rotatable bonds is 8. The van der Waals surface area contributed by atoms with Crippen LogP contribution in [-0.4, -0.2) is 4.57 Å². The van der Waals surface area contributed by atoms with E-state index in [1.165, 1.54) is 60.0 Å². The second-order valence-electron chi connectivity index (χ2n) is 15.5. The predicted octanol–water partition coefficient (Wildman–Crippen LogP) is 16.0. The molecule has 1 heterocycles. The summed E-state index contributed by atoms with van der Waals surface area (Å²) in [6.45, 7) is 2.14. The van der Waals surface area contributed by atoms with Crippen LogP contribution in [0.4, 0.5) is 34.1 Å². The summed E-state index contributed by atoms with van der Waals surface area (Å²) in [7, 11) is 0. The van der Waals surface area contributed by atoms with E-state index in [9.17, 15) is 0 Å². The minimum Gasteiger partial charge on any atom is -0.310 e. The van der Waals surface area contributed by atoms with Gasteiger partial charge in [-0.1, -0.05) is 145 Å². The highest BCUT2D eigenvalue weighted by atomic mass is 15.1. The largest absolute Gasteiger partial charge is 0.310 e. The van der Waals surface area contributed by atoms with Gasteiger partial charge in [0.05, 0.1) is 16.7 Å². The van der Waals surface area contributed by atoms with Gasteiger partial charge in [0.25, 0.3) is 0 Å². The number of para-hydroxylation sites is 3. The van der Waals surface area contributed by atoms with Crippen LogP contribution >= 0.6 is 0 Å². The smallest absolute Gasteiger partial charge is 0.0542 e. The molecule has 284 valence electrons. The summed E-state index contributed by atoms with van der Waals surface area (Å²) in [5.41, 5.74) is 13.9. The van der Waals surface area contributed by atoms with E-state index in [-0.39, 0.29) is 0 Å². The van der Waals surface area contributed by atoms with E-state index in [4.69, 9.17) is 0 Å². The Hall–Kier alpha value is -7.88. The van der Waals surface area contributed by atoms with Gasteiger partial charge in [-0.05, 0) is 125 Å². The van der Waals surface area contributed by atoms with E-state index in [0.717, 1.165) is 39.8 Å². The number of nitrogens with zero attached hydrogens (tertiary/aromatic N) is 3. The first kappa shape index (κ1) is 35.3. The van der Waals surface area contributed by atoms with Gasteiger partial charge >= 0.3 is 0 Å².